The highest BCUT2D eigenvalue weighted by molar-refractivity contribution is 8.00. The van der Waals surface area contributed by atoms with Gasteiger partial charge in [-0.05, 0) is 38.0 Å². The third-order valence-corrected chi connectivity index (χ3v) is 7.14. The SMILES string of the molecule is OC12CC3CC(C1)C1([NH2+]CCS1)C(C3)C2. The molecule has 0 radical (unpaired) electrons. The van der Waals surface area contributed by atoms with E-state index in [1.165, 1.54) is 25.1 Å². The molecule has 4 saturated carbocycles. The maximum atomic E-state index is 10.5. The van der Waals surface area contributed by atoms with Crippen LogP contribution in [-0.4, -0.2) is 27.9 Å². The van der Waals surface area contributed by atoms with Gasteiger partial charge in [0.05, 0.1) is 12.1 Å². The van der Waals surface area contributed by atoms with Crippen molar-refractivity contribution in [3.05, 3.63) is 0 Å². The quantitative estimate of drug-likeness (QED) is 0.633. The molecule has 5 fully saturated rings. The van der Waals surface area contributed by atoms with Gasteiger partial charge >= 0.3 is 0 Å². The Labute approximate surface area is 95.2 Å². The molecule has 1 saturated heterocycles. The highest BCUT2D eigenvalue weighted by Gasteiger charge is 2.65. The summed E-state index contributed by atoms with van der Waals surface area (Å²) >= 11 is 2.21. The summed E-state index contributed by atoms with van der Waals surface area (Å²) in [6, 6.07) is 0. The fourth-order valence-electron chi connectivity index (χ4n) is 5.11. The van der Waals surface area contributed by atoms with E-state index in [1.54, 1.807) is 0 Å². The molecule has 3 N–H and O–H groups in total. The van der Waals surface area contributed by atoms with Crippen molar-refractivity contribution >= 4 is 11.8 Å². The van der Waals surface area contributed by atoms with Crippen molar-refractivity contribution in [2.45, 2.75) is 42.6 Å². The summed E-state index contributed by atoms with van der Waals surface area (Å²) in [5.41, 5.74) is -0.251. The lowest BCUT2D eigenvalue weighted by atomic mass is 9.52. The van der Waals surface area contributed by atoms with Crippen molar-refractivity contribution in [1.29, 1.82) is 0 Å². The Morgan fingerprint density at radius 3 is 2.40 bits per heavy atom. The van der Waals surface area contributed by atoms with Crippen LogP contribution in [0.2, 0.25) is 0 Å². The Bertz CT molecular complexity index is 282. The van der Waals surface area contributed by atoms with Crippen LogP contribution in [0.15, 0.2) is 0 Å². The molecule has 5 aliphatic rings. The van der Waals surface area contributed by atoms with Crippen molar-refractivity contribution in [3.63, 3.8) is 0 Å². The van der Waals surface area contributed by atoms with E-state index < -0.39 is 0 Å². The van der Waals surface area contributed by atoms with Crippen LogP contribution in [0.25, 0.3) is 0 Å². The molecule has 1 aliphatic heterocycles. The zero-order valence-corrected chi connectivity index (χ0v) is 9.93. The molecule has 2 unspecified atom stereocenters. The molecular weight excluding hydrogens is 206 g/mol. The average molecular weight is 226 g/mol. The normalized spacial score (nSPS) is 61.8. The number of hydrogen-bond acceptors (Lipinski definition) is 2. The van der Waals surface area contributed by atoms with Crippen LogP contribution in [0, 0.1) is 17.8 Å². The first-order valence-electron chi connectivity index (χ1n) is 6.41. The zero-order valence-electron chi connectivity index (χ0n) is 9.11. The van der Waals surface area contributed by atoms with E-state index in [-0.39, 0.29) is 5.60 Å². The summed E-state index contributed by atoms with van der Waals surface area (Å²) in [6.45, 7) is 1.31. The first kappa shape index (κ1) is 9.32. The summed E-state index contributed by atoms with van der Waals surface area (Å²) in [7, 11) is 0. The second-order valence-corrected chi connectivity index (χ2v) is 7.67. The number of quaternary nitrogens is 1. The minimum Gasteiger partial charge on any atom is -0.390 e. The molecule has 1 heterocycles. The molecule has 84 valence electrons. The fraction of sp³-hybridized carbons (Fsp3) is 1.00. The summed E-state index contributed by atoms with van der Waals surface area (Å²) < 4.78 is 0. The minimum absolute atomic E-state index is 0.251. The van der Waals surface area contributed by atoms with Crippen molar-refractivity contribution in [2.75, 3.05) is 12.3 Å². The Balaban J connectivity index is 1.75. The van der Waals surface area contributed by atoms with Crippen molar-refractivity contribution < 1.29 is 10.4 Å². The van der Waals surface area contributed by atoms with E-state index in [9.17, 15) is 5.11 Å². The predicted octanol–water partition coefficient (Wildman–Crippen LogP) is 0.564. The van der Waals surface area contributed by atoms with Gasteiger partial charge in [-0.2, -0.15) is 0 Å². The highest BCUT2D eigenvalue weighted by Crippen LogP contribution is 2.62. The molecule has 5 rings (SSSR count). The maximum Gasteiger partial charge on any atom is 0.149 e. The third-order valence-electron chi connectivity index (χ3n) is 5.37. The van der Waals surface area contributed by atoms with Gasteiger partial charge in [-0.3, -0.25) is 0 Å². The van der Waals surface area contributed by atoms with E-state index in [4.69, 9.17) is 0 Å². The molecule has 4 aliphatic carbocycles. The first-order chi connectivity index (χ1) is 7.20. The van der Waals surface area contributed by atoms with E-state index >= 15 is 0 Å². The molecule has 4 bridgehead atoms. The number of aliphatic hydroxyl groups is 1. The summed E-state index contributed by atoms with van der Waals surface area (Å²) in [6.07, 6.45) is 6.12. The lowest BCUT2D eigenvalue weighted by Crippen LogP contribution is -2.98. The Kier molecular flexibility index (Phi) is 1.70. The van der Waals surface area contributed by atoms with Crippen molar-refractivity contribution in [1.82, 2.24) is 0 Å². The van der Waals surface area contributed by atoms with Crippen LogP contribution in [0.5, 0.6) is 0 Å². The van der Waals surface area contributed by atoms with E-state index in [1.807, 2.05) is 0 Å². The smallest absolute Gasteiger partial charge is 0.149 e. The van der Waals surface area contributed by atoms with Gasteiger partial charge in [0.15, 0.2) is 0 Å². The van der Waals surface area contributed by atoms with Gasteiger partial charge in [0.2, 0.25) is 0 Å². The highest BCUT2D eigenvalue weighted by atomic mass is 32.2. The molecule has 1 spiro atoms. The second kappa shape index (κ2) is 2.74. The second-order valence-electron chi connectivity index (χ2n) is 6.26. The molecule has 3 heteroatoms. The molecule has 15 heavy (non-hydrogen) atoms. The monoisotopic (exact) mass is 226 g/mol. The van der Waals surface area contributed by atoms with Crippen molar-refractivity contribution in [3.8, 4) is 0 Å². The van der Waals surface area contributed by atoms with Crippen molar-refractivity contribution in [2.24, 2.45) is 17.8 Å². The zero-order chi connectivity index (χ0) is 10.1. The minimum atomic E-state index is -0.251. The standard InChI is InChI=1S/C12H19NOS/c14-11-5-8-3-9(6-11)12(10(4-8)7-11)13-1-2-15-12/h8-10,13-14H,1-7H2/p+1. The predicted molar refractivity (Wildman–Crippen MR) is 60.5 cm³/mol. The van der Waals surface area contributed by atoms with Gasteiger partial charge in [-0.1, -0.05) is 11.8 Å². The van der Waals surface area contributed by atoms with Gasteiger partial charge in [0.25, 0.3) is 0 Å². The lowest BCUT2D eigenvalue weighted by molar-refractivity contribution is -0.714. The fourth-order valence-corrected chi connectivity index (χ4v) is 6.76. The van der Waals surface area contributed by atoms with E-state index in [0.29, 0.717) is 4.87 Å². The molecule has 0 aromatic heterocycles. The number of nitrogens with two attached hydrogens (primary N) is 1. The molecule has 2 atom stereocenters. The molecule has 0 amide bonds. The molecule has 0 aromatic carbocycles. The van der Waals surface area contributed by atoms with Crippen LogP contribution in [0.3, 0.4) is 0 Å². The Morgan fingerprint density at radius 1 is 1.13 bits per heavy atom. The number of hydrogen-bond donors (Lipinski definition) is 2. The Hall–Kier alpha value is 0.270. The average Bonchev–Trinajstić information content (AvgIpc) is 2.61. The first-order valence-corrected chi connectivity index (χ1v) is 7.39. The molecular formula is C12H20NOS+. The van der Waals surface area contributed by atoms with Gasteiger partial charge in [0, 0.05) is 17.6 Å². The maximum absolute atomic E-state index is 10.5. The largest absolute Gasteiger partial charge is 0.390 e. The van der Waals surface area contributed by atoms with Gasteiger partial charge in [0.1, 0.15) is 4.87 Å². The summed E-state index contributed by atoms with van der Waals surface area (Å²) in [4.78, 5) is 0.503. The third kappa shape index (κ3) is 1.10. The van der Waals surface area contributed by atoms with E-state index in [2.05, 4.69) is 17.1 Å². The lowest BCUT2D eigenvalue weighted by Gasteiger charge is -2.60. The van der Waals surface area contributed by atoms with Crippen LogP contribution in [-0.2, 0) is 0 Å². The summed E-state index contributed by atoms with van der Waals surface area (Å²) in [5.74, 6) is 3.80. The van der Waals surface area contributed by atoms with Gasteiger partial charge < -0.3 is 10.4 Å². The van der Waals surface area contributed by atoms with Crippen LogP contribution in [0.4, 0.5) is 0 Å². The van der Waals surface area contributed by atoms with Gasteiger partial charge in [-0.15, -0.1) is 0 Å². The summed E-state index contributed by atoms with van der Waals surface area (Å²) in [5, 5.41) is 13.1. The Morgan fingerprint density at radius 2 is 1.87 bits per heavy atom. The van der Waals surface area contributed by atoms with E-state index in [0.717, 1.165) is 37.0 Å². The number of rotatable bonds is 0. The molecule has 2 nitrogen and oxygen atoms in total. The van der Waals surface area contributed by atoms with Crippen LogP contribution >= 0.6 is 11.8 Å². The topological polar surface area (TPSA) is 36.8 Å². The molecule has 0 aromatic rings. The van der Waals surface area contributed by atoms with Gasteiger partial charge in [-0.25, -0.2) is 0 Å². The van der Waals surface area contributed by atoms with Crippen LogP contribution < -0.4 is 5.32 Å². The van der Waals surface area contributed by atoms with Crippen LogP contribution in [0.1, 0.15) is 32.1 Å². The number of thioether (sulfide) groups is 1.